The molecule has 3 nitrogen and oxygen atoms in total. The minimum absolute atomic E-state index is 0.285. The third-order valence-electron chi connectivity index (χ3n) is 2.41. The Morgan fingerprint density at radius 1 is 1.62 bits per heavy atom. The quantitative estimate of drug-likeness (QED) is 0.709. The molecule has 0 saturated carbocycles. The van der Waals surface area contributed by atoms with E-state index in [9.17, 15) is 4.79 Å². The summed E-state index contributed by atoms with van der Waals surface area (Å²) in [5.74, 6) is 0.285. The maximum absolute atomic E-state index is 11.3. The van der Waals surface area contributed by atoms with Crippen molar-refractivity contribution in [3.8, 4) is 0 Å². The highest BCUT2D eigenvalue weighted by Crippen LogP contribution is 2.10. The predicted molar refractivity (Wildman–Crippen MR) is 53.5 cm³/mol. The number of carbonyl (C=O) groups is 1. The third-order valence-corrected chi connectivity index (χ3v) is 2.41. The van der Waals surface area contributed by atoms with Crippen LogP contribution in [0.5, 0.6) is 0 Å². The zero-order valence-electron chi connectivity index (χ0n) is 8.84. The highest BCUT2D eigenvalue weighted by atomic mass is 16.2. The lowest BCUT2D eigenvalue weighted by atomic mass is 10.2. The molecule has 0 bridgehead atoms. The highest BCUT2D eigenvalue weighted by molar-refractivity contribution is 5.76. The fourth-order valence-electron chi connectivity index (χ4n) is 1.82. The number of likely N-dealkylation sites (tertiary alicyclic amines) is 1. The van der Waals surface area contributed by atoms with E-state index in [0.29, 0.717) is 18.5 Å². The fourth-order valence-corrected chi connectivity index (χ4v) is 1.82. The van der Waals surface area contributed by atoms with E-state index in [2.05, 4.69) is 19.2 Å². The summed E-state index contributed by atoms with van der Waals surface area (Å²) in [5, 5.41) is 3.46. The SMILES string of the molecule is CCC(=O)N1CCC(NC(C)C)C1. The molecule has 1 rings (SSSR count). The average Bonchev–Trinajstić information content (AvgIpc) is 2.50. The van der Waals surface area contributed by atoms with Crippen LogP contribution >= 0.6 is 0 Å². The molecule has 1 fully saturated rings. The van der Waals surface area contributed by atoms with Crippen molar-refractivity contribution in [2.45, 2.75) is 45.7 Å². The van der Waals surface area contributed by atoms with Gasteiger partial charge < -0.3 is 10.2 Å². The maximum atomic E-state index is 11.3. The molecule has 1 aliphatic rings. The summed E-state index contributed by atoms with van der Waals surface area (Å²) >= 11 is 0. The molecule has 1 heterocycles. The monoisotopic (exact) mass is 184 g/mol. The lowest BCUT2D eigenvalue weighted by Crippen LogP contribution is -2.38. The van der Waals surface area contributed by atoms with E-state index >= 15 is 0 Å². The van der Waals surface area contributed by atoms with Crippen LogP contribution in [0.15, 0.2) is 0 Å². The van der Waals surface area contributed by atoms with Gasteiger partial charge in [-0.15, -0.1) is 0 Å². The molecule has 0 aromatic carbocycles. The summed E-state index contributed by atoms with van der Waals surface area (Å²) in [6.45, 7) is 8.03. The standard InChI is InChI=1S/C10H20N2O/c1-4-10(13)12-6-5-9(7-12)11-8(2)3/h8-9,11H,4-7H2,1-3H3. The van der Waals surface area contributed by atoms with Crippen molar-refractivity contribution >= 4 is 5.91 Å². The number of nitrogens with zero attached hydrogens (tertiary/aromatic N) is 1. The first-order valence-electron chi connectivity index (χ1n) is 5.17. The van der Waals surface area contributed by atoms with Crippen LogP contribution in [0, 0.1) is 0 Å². The Labute approximate surface area is 80.5 Å². The number of amides is 1. The van der Waals surface area contributed by atoms with Gasteiger partial charge in [0.1, 0.15) is 0 Å². The maximum Gasteiger partial charge on any atom is 0.222 e. The average molecular weight is 184 g/mol. The smallest absolute Gasteiger partial charge is 0.222 e. The Balaban J connectivity index is 2.32. The molecule has 1 saturated heterocycles. The molecule has 1 amide bonds. The van der Waals surface area contributed by atoms with Gasteiger partial charge in [0.2, 0.25) is 5.91 Å². The molecule has 1 unspecified atom stereocenters. The molecule has 0 spiro atoms. The molecular formula is C10H20N2O. The van der Waals surface area contributed by atoms with Crippen LogP contribution in [0.25, 0.3) is 0 Å². The van der Waals surface area contributed by atoms with Crippen LogP contribution in [0.1, 0.15) is 33.6 Å². The van der Waals surface area contributed by atoms with E-state index in [1.54, 1.807) is 0 Å². The number of hydrogen-bond donors (Lipinski definition) is 1. The Morgan fingerprint density at radius 2 is 2.31 bits per heavy atom. The van der Waals surface area contributed by atoms with Crippen LogP contribution in [0.4, 0.5) is 0 Å². The Kier molecular flexibility index (Phi) is 3.72. The number of nitrogens with one attached hydrogen (secondary N) is 1. The first-order valence-corrected chi connectivity index (χ1v) is 5.17. The summed E-state index contributed by atoms with van der Waals surface area (Å²) in [5.41, 5.74) is 0. The van der Waals surface area contributed by atoms with E-state index < -0.39 is 0 Å². The molecule has 76 valence electrons. The molecule has 0 radical (unpaired) electrons. The Hall–Kier alpha value is -0.570. The van der Waals surface area contributed by atoms with Gasteiger partial charge in [-0.1, -0.05) is 20.8 Å². The van der Waals surface area contributed by atoms with Gasteiger partial charge in [0.15, 0.2) is 0 Å². The fraction of sp³-hybridized carbons (Fsp3) is 0.900. The molecule has 13 heavy (non-hydrogen) atoms. The highest BCUT2D eigenvalue weighted by Gasteiger charge is 2.24. The van der Waals surface area contributed by atoms with Crippen molar-refractivity contribution in [2.75, 3.05) is 13.1 Å². The summed E-state index contributed by atoms with van der Waals surface area (Å²) < 4.78 is 0. The van der Waals surface area contributed by atoms with Crippen molar-refractivity contribution in [3.05, 3.63) is 0 Å². The lowest BCUT2D eigenvalue weighted by molar-refractivity contribution is -0.129. The molecule has 0 aromatic heterocycles. The number of rotatable bonds is 3. The zero-order chi connectivity index (χ0) is 9.84. The van der Waals surface area contributed by atoms with Crippen LogP contribution in [0.3, 0.4) is 0 Å². The van der Waals surface area contributed by atoms with Gasteiger partial charge in [-0.2, -0.15) is 0 Å². The van der Waals surface area contributed by atoms with E-state index in [0.717, 1.165) is 19.5 Å². The van der Waals surface area contributed by atoms with Gasteiger partial charge in [0.25, 0.3) is 0 Å². The summed E-state index contributed by atoms with van der Waals surface area (Å²) in [7, 11) is 0. The van der Waals surface area contributed by atoms with Crippen molar-refractivity contribution in [3.63, 3.8) is 0 Å². The van der Waals surface area contributed by atoms with Crippen LogP contribution in [-0.2, 0) is 4.79 Å². The second-order valence-electron chi connectivity index (χ2n) is 4.00. The molecule has 3 heteroatoms. The first kappa shape index (κ1) is 10.5. The van der Waals surface area contributed by atoms with Crippen LogP contribution in [0.2, 0.25) is 0 Å². The van der Waals surface area contributed by atoms with E-state index in [1.807, 2.05) is 11.8 Å². The zero-order valence-corrected chi connectivity index (χ0v) is 8.84. The van der Waals surface area contributed by atoms with E-state index in [1.165, 1.54) is 0 Å². The van der Waals surface area contributed by atoms with Gasteiger partial charge in [-0.3, -0.25) is 4.79 Å². The molecule has 0 aliphatic carbocycles. The predicted octanol–water partition coefficient (Wildman–Crippen LogP) is 0.995. The second-order valence-corrected chi connectivity index (χ2v) is 4.00. The van der Waals surface area contributed by atoms with E-state index in [4.69, 9.17) is 0 Å². The van der Waals surface area contributed by atoms with Gasteiger partial charge in [0.05, 0.1) is 0 Å². The molecule has 1 atom stereocenters. The van der Waals surface area contributed by atoms with Gasteiger partial charge in [-0.25, -0.2) is 0 Å². The van der Waals surface area contributed by atoms with Gasteiger partial charge in [0, 0.05) is 31.6 Å². The van der Waals surface area contributed by atoms with Gasteiger partial charge in [-0.05, 0) is 6.42 Å². The summed E-state index contributed by atoms with van der Waals surface area (Å²) in [6, 6.07) is 1.03. The summed E-state index contributed by atoms with van der Waals surface area (Å²) in [6.07, 6.45) is 1.73. The third kappa shape index (κ3) is 2.99. The Morgan fingerprint density at radius 3 is 2.85 bits per heavy atom. The minimum Gasteiger partial charge on any atom is -0.341 e. The largest absolute Gasteiger partial charge is 0.341 e. The second kappa shape index (κ2) is 4.61. The van der Waals surface area contributed by atoms with Gasteiger partial charge >= 0.3 is 0 Å². The Bertz CT molecular complexity index is 180. The molecule has 1 N–H and O–H groups in total. The minimum atomic E-state index is 0.285. The molecular weight excluding hydrogens is 164 g/mol. The van der Waals surface area contributed by atoms with Crippen LogP contribution < -0.4 is 5.32 Å². The molecule has 1 aliphatic heterocycles. The summed E-state index contributed by atoms with van der Waals surface area (Å²) in [4.78, 5) is 13.3. The number of carbonyl (C=O) groups excluding carboxylic acids is 1. The topological polar surface area (TPSA) is 32.3 Å². The molecule has 0 aromatic rings. The number of hydrogen-bond acceptors (Lipinski definition) is 2. The van der Waals surface area contributed by atoms with Crippen molar-refractivity contribution in [1.82, 2.24) is 10.2 Å². The van der Waals surface area contributed by atoms with E-state index in [-0.39, 0.29) is 5.91 Å². The lowest BCUT2D eigenvalue weighted by Gasteiger charge is -2.17. The first-order chi connectivity index (χ1) is 6.13. The van der Waals surface area contributed by atoms with Crippen molar-refractivity contribution in [2.24, 2.45) is 0 Å². The van der Waals surface area contributed by atoms with Crippen molar-refractivity contribution in [1.29, 1.82) is 0 Å². The normalized spacial score (nSPS) is 22.8. The van der Waals surface area contributed by atoms with Crippen molar-refractivity contribution < 1.29 is 4.79 Å². The van der Waals surface area contributed by atoms with Crippen LogP contribution in [-0.4, -0.2) is 36.0 Å².